The number of likely N-dealkylation sites (N-methyl/N-ethyl adjacent to an activating group) is 1. The van der Waals surface area contributed by atoms with Crippen molar-refractivity contribution in [3.8, 4) is 0 Å². The third-order valence-corrected chi connectivity index (χ3v) is 1.54. The van der Waals surface area contributed by atoms with Gasteiger partial charge in [-0.1, -0.05) is 0 Å². The number of phosphoric ester groups is 1. The predicted molar refractivity (Wildman–Crippen MR) is 61.1 cm³/mol. The van der Waals surface area contributed by atoms with E-state index in [4.69, 9.17) is 9.79 Å². The minimum Gasteiger partial charge on any atom is -1.00 e. The molecular formula is C5H23CaClNO8P+2. The van der Waals surface area contributed by atoms with Crippen molar-refractivity contribution in [3.05, 3.63) is 0 Å². The van der Waals surface area contributed by atoms with Crippen LogP contribution in [0.25, 0.3) is 0 Å². The molecule has 0 rings (SSSR count). The van der Waals surface area contributed by atoms with E-state index in [0.717, 1.165) is 0 Å². The van der Waals surface area contributed by atoms with Crippen LogP contribution in [-0.2, 0) is 9.09 Å². The molecule has 9 nitrogen and oxygen atoms in total. The van der Waals surface area contributed by atoms with Gasteiger partial charge in [-0.15, -0.1) is 0 Å². The Morgan fingerprint density at radius 3 is 1.53 bits per heavy atom. The molecule has 0 heterocycles. The maximum Gasteiger partial charge on any atom is 2.00 e. The Balaban J connectivity index is -0.0000000333. The summed E-state index contributed by atoms with van der Waals surface area (Å²) in [7, 11) is 1.50. The molecule has 10 N–H and O–H groups in total. The van der Waals surface area contributed by atoms with Crippen LogP contribution in [0.2, 0.25) is 0 Å². The first-order valence-corrected chi connectivity index (χ1v) is 4.74. The molecule has 0 saturated carbocycles. The van der Waals surface area contributed by atoms with Gasteiger partial charge in [-0.05, 0) is 0 Å². The Labute approximate surface area is 137 Å². The summed E-state index contributed by atoms with van der Waals surface area (Å²) in [5.41, 5.74) is 0. The summed E-state index contributed by atoms with van der Waals surface area (Å²) < 4.78 is 15.1. The maximum atomic E-state index is 10.2. The first kappa shape index (κ1) is 42.9. The summed E-state index contributed by atoms with van der Waals surface area (Å²) in [4.78, 5) is 16.6. The van der Waals surface area contributed by atoms with Gasteiger partial charge in [-0.2, -0.15) is 0 Å². The Hall–Kier alpha value is 1.46. The van der Waals surface area contributed by atoms with Crippen molar-refractivity contribution >= 4 is 45.6 Å². The number of nitrogens with zero attached hydrogens (tertiary/aromatic N) is 1. The summed E-state index contributed by atoms with van der Waals surface area (Å²) in [6.45, 7) is 0.652. The Morgan fingerprint density at radius 1 is 1.06 bits per heavy atom. The van der Waals surface area contributed by atoms with E-state index in [0.29, 0.717) is 11.0 Å². The van der Waals surface area contributed by atoms with Crippen molar-refractivity contribution < 1.29 is 57.7 Å². The molecule has 0 fully saturated rings. The van der Waals surface area contributed by atoms with Crippen LogP contribution < -0.4 is 12.4 Å². The normalized spacial score (nSPS) is 8.76. The van der Waals surface area contributed by atoms with Crippen LogP contribution in [0.15, 0.2) is 0 Å². The first-order chi connectivity index (χ1) is 4.71. The molecule has 108 valence electrons. The zero-order chi connectivity index (χ0) is 9.12. The van der Waals surface area contributed by atoms with Crippen molar-refractivity contribution in [1.29, 1.82) is 0 Å². The average Bonchev–Trinajstić information content (AvgIpc) is 1.55. The molecule has 0 spiro atoms. The number of quaternary nitrogens is 1. The minimum atomic E-state index is -4.26. The standard InChI is InChI=1S/C5H14NO4P.Ca.ClH.4H2O/c1-6(2,3)4-5-10-11(7,8)9;;;;;;/h4-5H2,1-3H3,(H-,7,8,9);;1H;4*1H2/q;+2;;;;;. The van der Waals surface area contributed by atoms with Gasteiger partial charge in [-0.25, -0.2) is 4.57 Å². The minimum absolute atomic E-state index is 0. The maximum absolute atomic E-state index is 10.2. The van der Waals surface area contributed by atoms with E-state index in [1.54, 1.807) is 0 Å². The number of rotatable bonds is 4. The van der Waals surface area contributed by atoms with Gasteiger partial charge in [0.05, 0.1) is 21.1 Å². The molecule has 0 amide bonds. The predicted octanol–water partition coefficient (Wildman–Crippen LogP) is -6.87. The van der Waals surface area contributed by atoms with E-state index < -0.39 is 7.82 Å². The molecule has 0 aromatic heterocycles. The first-order valence-electron chi connectivity index (χ1n) is 3.21. The third-order valence-electron chi connectivity index (χ3n) is 1.02. The summed E-state index contributed by atoms with van der Waals surface area (Å²) in [6, 6.07) is 0. The van der Waals surface area contributed by atoms with Crippen LogP contribution in [-0.4, -0.2) is 108 Å². The Morgan fingerprint density at radius 2 is 1.35 bits per heavy atom. The van der Waals surface area contributed by atoms with Gasteiger partial charge in [0, 0.05) is 0 Å². The zero-order valence-electron chi connectivity index (χ0n) is 10.1. The fourth-order valence-corrected chi connectivity index (χ4v) is 0.753. The van der Waals surface area contributed by atoms with Crippen molar-refractivity contribution in [1.82, 2.24) is 0 Å². The summed E-state index contributed by atoms with van der Waals surface area (Å²) in [5, 5.41) is 0. The van der Waals surface area contributed by atoms with Crippen LogP contribution in [0.4, 0.5) is 0 Å². The third kappa shape index (κ3) is 46.6. The molecule has 0 aliphatic rings. The van der Waals surface area contributed by atoms with Gasteiger partial charge in [0.2, 0.25) is 0 Å². The van der Waals surface area contributed by atoms with Crippen LogP contribution in [0.1, 0.15) is 0 Å². The second-order valence-corrected chi connectivity index (χ2v) is 4.58. The van der Waals surface area contributed by atoms with Crippen LogP contribution in [0.5, 0.6) is 0 Å². The van der Waals surface area contributed by atoms with E-state index in [2.05, 4.69) is 4.52 Å². The van der Waals surface area contributed by atoms with Gasteiger partial charge in [0.1, 0.15) is 13.2 Å². The summed E-state index contributed by atoms with van der Waals surface area (Å²) in [5.74, 6) is 0. The van der Waals surface area contributed by atoms with Crippen molar-refractivity contribution in [3.63, 3.8) is 0 Å². The van der Waals surface area contributed by atoms with Crippen molar-refractivity contribution in [2.24, 2.45) is 0 Å². The molecule has 12 heteroatoms. The number of phosphoric acid groups is 1. The van der Waals surface area contributed by atoms with E-state index >= 15 is 0 Å². The molecule has 0 radical (unpaired) electrons. The molecule has 0 atom stereocenters. The van der Waals surface area contributed by atoms with Crippen LogP contribution in [0, 0.1) is 0 Å². The Bertz CT molecular complexity index is 174. The topological polar surface area (TPSA) is 193 Å². The average molecular weight is 332 g/mol. The smallest absolute Gasteiger partial charge is 1.00 e. The van der Waals surface area contributed by atoms with E-state index in [9.17, 15) is 4.57 Å². The van der Waals surface area contributed by atoms with Gasteiger partial charge in [-0.3, -0.25) is 4.52 Å². The van der Waals surface area contributed by atoms with E-state index in [1.165, 1.54) is 0 Å². The number of hydrogen-bond acceptors (Lipinski definition) is 2. The molecule has 0 bridgehead atoms. The summed E-state index contributed by atoms with van der Waals surface area (Å²) >= 11 is 0. The second kappa shape index (κ2) is 17.5. The van der Waals surface area contributed by atoms with Crippen LogP contribution in [0.3, 0.4) is 0 Å². The molecule has 0 aromatic rings. The monoisotopic (exact) mass is 331 g/mol. The fourth-order valence-electron chi connectivity index (χ4n) is 0.434. The molecule has 0 aromatic carbocycles. The van der Waals surface area contributed by atoms with Gasteiger partial charge in [0.15, 0.2) is 0 Å². The quantitative estimate of drug-likeness (QED) is 0.294. The van der Waals surface area contributed by atoms with E-state index in [-0.39, 0.29) is 78.7 Å². The largest absolute Gasteiger partial charge is 2.00 e. The van der Waals surface area contributed by atoms with Gasteiger partial charge >= 0.3 is 45.6 Å². The molecular weight excluding hydrogens is 309 g/mol. The molecule has 0 unspecified atom stereocenters. The second-order valence-electron chi connectivity index (χ2n) is 3.34. The molecule has 17 heavy (non-hydrogen) atoms. The number of hydrogen-bond donors (Lipinski definition) is 2. The van der Waals surface area contributed by atoms with Gasteiger partial charge < -0.3 is 48.6 Å². The molecule has 0 aliphatic carbocycles. The van der Waals surface area contributed by atoms with Gasteiger partial charge in [0.25, 0.3) is 0 Å². The SMILES string of the molecule is C[N+](C)(C)CCOP(=O)(O)O.O.O.O.O.[Ca+2].[Cl-]. The van der Waals surface area contributed by atoms with Crippen LogP contribution >= 0.6 is 7.82 Å². The summed E-state index contributed by atoms with van der Waals surface area (Å²) in [6.07, 6.45) is 0. The molecule has 0 aliphatic heterocycles. The van der Waals surface area contributed by atoms with Crippen molar-refractivity contribution in [2.75, 3.05) is 34.3 Å². The fraction of sp³-hybridized carbons (Fsp3) is 1.00. The van der Waals surface area contributed by atoms with Crippen molar-refractivity contribution in [2.45, 2.75) is 0 Å². The molecule has 0 saturated heterocycles. The zero-order valence-corrected chi connectivity index (χ0v) is 14.0. The number of halogens is 1. The van der Waals surface area contributed by atoms with E-state index in [1.807, 2.05) is 21.1 Å². The Kier molecular flexibility index (Phi) is 44.0.